The third-order valence-corrected chi connectivity index (χ3v) is 6.48. The summed E-state index contributed by atoms with van der Waals surface area (Å²) in [6.07, 6.45) is 15.9. The van der Waals surface area contributed by atoms with Crippen LogP contribution < -0.4 is 0 Å². The molecule has 104 valence electrons. The molecule has 0 unspecified atom stereocenters. The maximum atomic E-state index is 2.20. The second kappa shape index (κ2) is 9.36. The van der Waals surface area contributed by atoms with Crippen LogP contribution in [0.5, 0.6) is 0 Å². The lowest BCUT2D eigenvalue weighted by Crippen LogP contribution is -2.01. The molecule has 0 N–H and O–H groups in total. The first-order chi connectivity index (χ1) is 8.97. The van der Waals surface area contributed by atoms with E-state index in [1.165, 1.54) is 87.9 Å². The van der Waals surface area contributed by atoms with Crippen LogP contribution in [0.2, 0.25) is 0 Å². The van der Waals surface area contributed by atoms with E-state index >= 15 is 0 Å². The maximum Gasteiger partial charge on any atom is 0.0154 e. The van der Waals surface area contributed by atoms with Crippen LogP contribution in [0.3, 0.4) is 0 Å². The van der Waals surface area contributed by atoms with Crippen LogP contribution in [0.25, 0.3) is 0 Å². The van der Waals surface area contributed by atoms with Crippen molar-refractivity contribution in [1.82, 2.24) is 0 Å². The first-order valence-electron chi connectivity index (χ1n) is 7.88. The van der Waals surface area contributed by atoms with E-state index in [2.05, 4.69) is 23.5 Å². The fourth-order valence-corrected chi connectivity index (χ4v) is 5.41. The first kappa shape index (κ1) is 14.8. The van der Waals surface area contributed by atoms with E-state index in [1.807, 2.05) is 5.57 Å². The Morgan fingerprint density at radius 2 is 1.28 bits per heavy atom. The van der Waals surface area contributed by atoms with Crippen LogP contribution in [-0.4, -0.2) is 17.3 Å². The summed E-state index contributed by atoms with van der Waals surface area (Å²) in [4.78, 5) is 1.79. The molecule has 0 spiro atoms. The van der Waals surface area contributed by atoms with Crippen molar-refractivity contribution < 1.29 is 0 Å². The summed E-state index contributed by atoms with van der Waals surface area (Å²) in [5, 5.41) is 0. The van der Waals surface area contributed by atoms with Crippen molar-refractivity contribution in [2.45, 2.75) is 70.6 Å². The van der Waals surface area contributed by atoms with Crippen LogP contribution in [-0.2, 0) is 0 Å². The second-order valence-corrected chi connectivity index (χ2v) is 7.90. The standard InChI is InChI=1S/C16H28S2/c1-2-4-6-8-11-16-15(10-7-5-3-1)14-17-12-9-13-18-16/h1-14H2. The van der Waals surface area contributed by atoms with Gasteiger partial charge in [-0.25, -0.2) is 0 Å². The van der Waals surface area contributed by atoms with Gasteiger partial charge in [0, 0.05) is 5.75 Å². The lowest BCUT2D eigenvalue weighted by Gasteiger charge is -2.19. The normalized spacial score (nSPS) is 25.3. The maximum absolute atomic E-state index is 2.20. The van der Waals surface area contributed by atoms with Crippen molar-refractivity contribution in [3.05, 3.63) is 10.5 Å². The summed E-state index contributed by atoms with van der Waals surface area (Å²) < 4.78 is 0. The van der Waals surface area contributed by atoms with Crippen LogP contribution in [0.4, 0.5) is 0 Å². The van der Waals surface area contributed by atoms with Crippen molar-refractivity contribution in [2.24, 2.45) is 0 Å². The van der Waals surface area contributed by atoms with Crippen molar-refractivity contribution in [1.29, 1.82) is 0 Å². The molecule has 0 atom stereocenters. The highest BCUT2D eigenvalue weighted by Gasteiger charge is 2.11. The molecule has 0 radical (unpaired) electrons. The van der Waals surface area contributed by atoms with Crippen LogP contribution in [0.15, 0.2) is 10.5 Å². The van der Waals surface area contributed by atoms with Gasteiger partial charge < -0.3 is 0 Å². The van der Waals surface area contributed by atoms with Gasteiger partial charge in [0.25, 0.3) is 0 Å². The number of hydrogen-bond acceptors (Lipinski definition) is 2. The molecule has 0 amide bonds. The zero-order valence-corrected chi connectivity index (χ0v) is 13.3. The predicted molar refractivity (Wildman–Crippen MR) is 87.6 cm³/mol. The Morgan fingerprint density at radius 3 is 2.06 bits per heavy atom. The van der Waals surface area contributed by atoms with E-state index in [0.717, 1.165) is 0 Å². The molecule has 0 nitrogen and oxygen atoms in total. The lowest BCUT2D eigenvalue weighted by atomic mass is 10.0. The highest BCUT2D eigenvalue weighted by molar-refractivity contribution is 8.03. The van der Waals surface area contributed by atoms with Gasteiger partial charge in [0.2, 0.25) is 0 Å². The summed E-state index contributed by atoms with van der Waals surface area (Å²) in [5.74, 6) is 4.08. The zero-order chi connectivity index (χ0) is 12.5. The summed E-state index contributed by atoms with van der Waals surface area (Å²) >= 11 is 4.38. The Hall–Kier alpha value is 0.440. The largest absolute Gasteiger partial charge is 0.157 e. The molecular formula is C16H28S2. The average Bonchev–Trinajstić information content (AvgIpc) is 2.34. The predicted octanol–water partition coefficient (Wildman–Crippen LogP) is 6.03. The minimum Gasteiger partial charge on any atom is -0.157 e. The van der Waals surface area contributed by atoms with Gasteiger partial charge >= 0.3 is 0 Å². The molecule has 0 bridgehead atoms. The van der Waals surface area contributed by atoms with Crippen LogP contribution in [0, 0.1) is 0 Å². The monoisotopic (exact) mass is 284 g/mol. The highest BCUT2D eigenvalue weighted by Crippen LogP contribution is 2.34. The lowest BCUT2D eigenvalue weighted by molar-refractivity contribution is 0.561. The van der Waals surface area contributed by atoms with E-state index in [-0.39, 0.29) is 0 Å². The summed E-state index contributed by atoms with van der Waals surface area (Å²) in [6, 6.07) is 0. The summed E-state index contributed by atoms with van der Waals surface area (Å²) in [7, 11) is 0. The Morgan fingerprint density at radius 1 is 0.611 bits per heavy atom. The second-order valence-electron chi connectivity index (χ2n) is 5.61. The van der Waals surface area contributed by atoms with Crippen molar-refractivity contribution in [3.63, 3.8) is 0 Å². The number of hydrogen-bond donors (Lipinski definition) is 0. The van der Waals surface area contributed by atoms with E-state index in [9.17, 15) is 0 Å². The van der Waals surface area contributed by atoms with E-state index in [1.54, 1.807) is 4.91 Å². The molecule has 1 aliphatic carbocycles. The third kappa shape index (κ3) is 5.61. The molecule has 18 heavy (non-hydrogen) atoms. The minimum atomic E-state index is 1.34. The van der Waals surface area contributed by atoms with Crippen LogP contribution in [0.1, 0.15) is 70.6 Å². The minimum absolute atomic E-state index is 1.34. The smallest absolute Gasteiger partial charge is 0.0154 e. The van der Waals surface area contributed by atoms with Gasteiger partial charge in [-0.15, -0.1) is 11.8 Å². The van der Waals surface area contributed by atoms with Gasteiger partial charge in [0.05, 0.1) is 0 Å². The molecule has 2 rings (SSSR count). The summed E-state index contributed by atoms with van der Waals surface area (Å²) in [5.41, 5.74) is 1.82. The van der Waals surface area contributed by atoms with Gasteiger partial charge in [-0.2, -0.15) is 11.8 Å². The van der Waals surface area contributed by atoms with Crippen LogP contribution >= 0.6 is 23.5 Å². The fourth-order valence-electron chi connectivity index (χ4n) is 2.88. The van der Waals surface area contributed by atoms with Gasteiger partial charge in [-0.05, 0) is 48.5 Å². The topological polar surface area (TPSA) is 0 Å². The number of allylic oxidation sites excluding steroid dienone is 1. The zero-order valence-electron chi connectivity index (χ0n) is 11.7. The van der Waals surface area contributed by atoms with Gasteiger partial charge in [0.1, 0.15) is 0 Å². The molecule has 1 aliphatic heterocycles. The molecule has 0 aromatic heterocycles. The number of thioether (sulfide) groups is 2. The Balaban J connectivity index is 1.96. The molecule has 2 aliphatic rings. The van der Waals surface area contributed by atoms with E-state index < -0.39 is 0 Å². The molecule has 0 saturated heterocycles. The van der Waals surface area contributed by atoms with Gasteiger partial charge in [-0.1, -0.05) is 44.1 Å². The Kier molecular flexibility index (Phi) is 7.72. The van der Waals surface area contributed by atoms with Crippen molar-refractivity contribution >= 4 is 23.5 Å². The molecule has 0 fully saturated rings. The first-order valence-corrected chi connectivity index (χ1v) is 10.0. The molecule has 0 aromatic rings. The van der Waals surface area contributed by atoms with E-state index in [0.29, 0.717) is 0 Å². The molecule has 2 heteroatoms. The molecule has 0 saturated carbocycles. The average molecular weight is 285 g/mol. The molecular weight excluding hydrogens is 256 g/mol. The SMILES string of the molecule is C1CCCCCC2=C(CCCC1)CSCCCS2. The van der Waals surface area contributed by atoms with Gasteiger partial charge in [-0.3, -0.25) is 0 Å². The molecule has 1 heterocycles. The van der Waals surface area contributed by atoms with Crippen molar-refractivity contribution in [2.75, 3.05) is 17.3 Å². The Labute approximate surface area is 122 Å². The van der Waals surface area contributed by atoms with E-state index in [4.69, 9.17) is 0 Å². The highest BCUT2D eigenvalue weighted by atomic mass is 32.2. The summed E-state index contributed by atoms with van der Waals surface area (Å²) in [6.45, 7) is 0. The van der Waals surface area contributed by atoms with Crippen molar-refractivity contribution in [3.8, 4) is 0 Å². The quantitative estimate of drug-likeness (QED) is 0.533. The molecule has 0 aromatic carbocycles. The third-order valence-electron chi connectivity index (χ3n) is 4.01. The Bertz CT molecular complexity index is 232. The van der Waals surface area contributed by atoms with Gasteiger partial charge in [0.15, 0.2) is 0 Å². The fraction of sp³-hybridized carbons (Fsp3) is 0.875. The number of rotatable bonds is 0.